The van der Waals surface area contributed by atoms with Crippen molar-refractivity contribution in [2.45, 2.75) is 18.6 Å². The molecule has 0 unspecified atom stereocenters. The number of rotatable bonds is 8. The number of hydrogen-bond acceptors (Lipinski definition) is 4. The Labute approximate surface area is 233 Å². The van der Waals surface area contributed by atoms with E-state index in [0.717, 1.165) is 24.3 Å². The average Bonchev–Trinajstić information content (AvgIpc) is 3.36. The second-order valence-corrected chi connectivity index (χ2v) is 9.62. The normalized spacial score (nSPS) is 15.3. The molecule has 0 saturated heterocycles. The van der Waals surface area contributed by atoms with Gasteiger partial charge >= 0.3 is 6.18 Å². The van der Waals surface area contributed by atoms with E-state index in [9.17, 15) is 22.8 Å². The van der Waals surface area contributed by atoms with E-state index in [-0.39, 0.29) is 25.3 Å². The Morgan fingerprint density at radius 2 is 1.64 bits per heavy atom. The number of hydrazone groups is 1. The Balaban J connectivity index is 1.64. The maximum atomic E-state index is 13.7. The van der Waals surface area contributed by atoms with E-state index in [1.807, 2.05) is 6.07 Å². The van der Waals surface area contributed by atoms with Crippen molar-refractivity contribution in [3.05, 3.63) is 105 Å². The lowest BCUT2D eigenvalue weighted by Gasteiger charge is -2.27. The minimum Gasteiger partial charge on any atom is -0.383 e. The van der Waals surface area contributed by atoms with Crippen LogP contribution in [0.4, 0.5) is 13.2 Å². The Kier molecular flexibility index (Phi) is 8.94. The minimum atomic E-state index is -4.53. The standard InChI is InChI=1S/C28H24Cl2F3N3O3/c1-39-15-14-35(27(38)18-10-12-19(13-11-18)28(31,32)33)17-26(37)36-25(21-7-3-5-9-23(21)30)16-24(34-36)20-6-2-4-8-22(20)29/h2-13,25H,14-17H2,1H3/t25-/m1/s1. The maximum Gasteiger partial charge on any atom is 0.416 e. The summed E-state index contributed by atoms with van der Waals surface area (Å²) in [4.78, 5) is 28.1. The van der Waals surface area contributed by atoms with Crippen molar-refractivity contribution in [3.63, 3.8) is 0 Å². The zero-order valence-electron chi connectivity index (χ0n) is 20.8. The van der Waals surface area contributed by atoms with Crippen LogP contribution in [0.5, 0.6) is 0 Å². The fourth-order valence-electron chi connectivity index (χ4n) is 4.26. The molecule has 11 heteroatoms. The van der Waals surface area contributed by atoms with Crippen molar-refractivity contribution >= 4 is 40.7 Å². The highest BCUT2D eigenvalue weighted by molar-refractivity contribution is 6.34. The van der Waals surface area contributed by atoms with Crippen LogP contribution in [-0.4, -0.2) is 54.2 Å². The first-order chi connectivity index (χ1) is 18.6. The lowest BCUT2D eigenvalue weighted by Crippen LogP contribution is -2.42. The molecule has 4 rings (SSSR count). The molecule has 6 nitrogen and oxygen atoms in total. The van der Waals surface area contributed by atoms with Gasteiger partial charge in [0.2, 0.25) is 0 Å². The average molecular weight is 578 g/mol. The van der Waals surface area contributed by atoms with Gasteiger partial charge in [0.25, 0.3) is 11.8 Å². The van der Waals surface area contributed by atoms with Crippen LogP contribution < -0.4 is 0 Å². The predicted octanol–water partition coefficient (Wildman–Crippen LogP) is 6.48. The van der Waals surface area contributed by atoms with Gasteiger partial charge in [0, 0.05) is 41.2 Å². The number of hydrogen-bond donors (Lipinski definition) is 0. The first kappa shape index (κ1) is 28.6. The van der Waals surface area contributed by atoms with Crippen LogP contribution in [0.15, 0.2) is 77.9 Å². The first-order valence-corrected chi connectivity index (χ1v) is 12.7. The highest BCUT2D eigenvalue weighted by atomic mass is 35.5. The van der Waals surface area contributed by atoms with E-state index in [4.69, 9.17) is 27.9 Å². The van der Waals surface area contributed by atoms with Gasteiger partial charge in [-0.3, -0.25) is 9.59 Å². The van der Waals surface area contributed by atoms with Gasteiger partial charge in [-0.1, -0.05) is 59.6 Å². The van der Waals surface area contributed by atoms with Crippen LogP contribution in [0.1, 0.15) is 39.5 Å². The molecule has 0 aliphatic carbocycles. The van der Waals surface area contributed by atoms with Crippen molar-refractivity contribution in [3.8, 4) is 0 Å². The molecule has 3 aromatic carbocycles. The summed E-state index contributed by atoms with van der Waals surface area (Å²) in [7, 11) is 1.44. The Morgan fingerprint density at radius 1 is 1.00 bits per heavy atom. The third-order valence-corrected chi connectivity index (χ3v) is 6.93. The zero-order chi connectivity index (χ0) is 28.2. The van der Waals surface area contributed by atoms with Crippen molar-refractivity contribution in [2.75, 3.05) is 26.8 Å². The lowest BCUT2D eigenvalue weighted by atomic mass is 9.98. The van der Waals surface area contributed by atoms with Crippen LogP contribution in [-0.2, 0) is 15.7 Å². The molecule has 204 valence electrons. The summed E-state index contributed by atoms with van der Waals surface area (Å²) in [6.07, 6.45) is -4.20. The fraction of sp³-hybridized carbons (Fsp3) is 0.250. The summed E-state index contributed by atoms with van der Waals surface area (Å²) < 4.78 is 44.0. The molecule has 3 aromatic rings. The molecular formula is C28H24Cl2F3N3O3. The number of carbonyl (C=O) groups excluding carboxylic acids is 2. The number of methoxy groups -OCH3 is 1. The third kappa shape index (κ3) is 6.61. The number of carbonyl (C=O) groups is 2. The molecule has 0 radical (unpaired) electrons. The molecule has 1 aliphatic rings. The quantitative estimate of drug-likeness (QED) is 0.308. The second-order valence-electron chi connectivity index (χ2n) is 8.80. The molecule has 0 fully saturated rings. The van der Waals surface area contributed by atoms with Crippen LogP contribution in [0.3, 0.4) is 0 Å². The Hall–Kier alpha value is -3.40. The molecule has 0 aromatic heterocycles. The van der Waals surface area contributed by atoms with E-state index in [1.165, 1.54) is 17.0 Å². The summed E-state index contributed by atoms with van der Waals surface area (Å²) in [5.41, 5.74) is 1.06. The minimum absolute atomic E-state index is 0.0104. The summed E-state index contributed by atoms with van der Waals surface area (Å²) in [5.74, 6) is -1.11. The van der Waals surface area contributed by atoms with E-state index < -0.39 is 29.6 Å². The van der Waals surface area contributed by atoms with Crippen LogP contribution in [0.25, 0.3) is 0 Å². The van der Waals surface area contributed by atoms with Gasteiger partial charge in [0.1, 0.15) is 6.54 Å². The van der Waals surface area contributed by atoms with Gasteiger partial charge in [0.15, 0.2) is 0 Å². The fourth-order valence-corrected chi connectivity index (χ4v) is 4.77. The molecule has 0 N–H and O–H groups in total. The van der Waals surface area contributed by atoms with Gasteiger partial charge in [0.05, 0.1) is 23.9 Å². The molecule has 2 amide bonds. The largest absolute Gasteiger partial charge is 0.416 e. The smallest absolute Gasteiger partial charge is 0.383 e. The molecule has 39 heavy (non-hydrogen) atoms. The van der Waals surface area contributed by atoms with Crippen molar-refractivity contribution in [2.24, 2.45) is 5.10 Å². The van der Waals surface area contributed by atoms with Gasteiger partial charge < -0.3 is 9.64 Å². The number of amides is 2. The number of benzene rings is 3. The maximum absolute atomic E-state index is 13.7. The molecular weight excluding hydrogens is 554 g/mol. The predicted molar refractivity (Wildman–Crippen MR) is 143 cm³/mol. The number of halogens is 5. The molecule has 0 spiro atoms. The van der Waals surface area contributed by atoms with Crippen molar-refractivity contribution < 1.29 is 27.5 Å². The molecule has 0 bridgehead atoms. The van der Waals surface area contributed by atoms with Gasteiger partial charge in [-0.25, -0.2) is 5.01 Å². The van der Waals surface area contributed by atoms with Crippen LogP contribution >= 0.6 is 23.2 Å². The van der Waals surface area contributed by atoms with Crippen molar-refractivity contribution in [1.29, 1.82) is 0 Å². The van der Waals surface area contributed by atoms with Gasteiger partial charge in [-0.15, -0.1) is 0 Å². The summed E-state index contributed by atoms with van der Waals surface area (Å²) in [5, 5.41) is 6.80. The van der Waals surface area contributed by atoms with Crippen molar-refractivity contribution in [1.82, 2.24) is 9.91 Å². The number of nitrogens with zero attached hydrogens (tertiary/aromatic N) is 3. The molecule has 1 heterocycles. The molecule has 1 aliphatic heterocycles. The summed E-state index contributed by atoms with van der Waals surface area (Å²) in [6.45, 7) is -0.237. The van der Waals surface area contributed by atoms with Crippen LogP contribution in [0.2, 0.25) is 10.0 Å². The summed E-state index contributed by atoms with van der Waals surface area (Å²) >= 11 is 12.9. The lowest BCUT2D eigenvalue weighted by molar-refractivity contribution is -0.137. The third-order valence-electron chi connectivity index (χ3n) is 6.25. The Bertz CT molecular complexity index is 1380. The van der Waals surface area contributed by atoms with E-state index >= 15 is 0 Å². The highest BCUT2D eigenvalue weighted by Crippen LogP contribution is 2.37. The molecule has 0 saturated carbocycles. The first-order valence-electron chi connectivity index (χ1n) is 11.9. The topological polar surface area (TPSA) is 62.2 Å². The highest BCUT2D eigenvalue weighted by Gasteiger charge is 2.36. The SMILES string of the molecule is COCCN(CC(=O)N1N=C(c2ccccc2Cl)C[C@@H]1c1ccccc1Cl)C(=O)c1ccc(C(F)(F)F)cc1. The second kappa shape index (κ2) is 12.2. The number of ether oxygens (including phenoxy) is 1. The van der Waals surface area contributed by atoms with Crippen LogP contribution in [0, 0.1) is 0 Å². The molecule has 1 atom stereocenters. The van der Waals surface area contributed by atoms with Gasteiger partial charge in [-0.05, 0) is 42.0 Å². The van der Waals surface area contributed by atoms with Gasteiger partial charge in [-0.2, -0.15) is 18.3 Å². The zero-order valence-corrected chi connectivity index (χ0v) is 22.3. The van der Waals surface area contributed by atoms with E-state index in [1.54, 1.807) is 42.5 Å². The summed E-state index contributed by atoms with van der Waals surface area (Å²) in [6, 6.07) is 17.5. The number of alkyl halides is 3. The van der Waals surface area contributed by atoms with E-state index in [0.29, 0.717) is 33.3 Å². The van der Waals surface area contributed by atoms with E-state index in [2.05, 4.69) is 5.10 Å². The monoisotopic (exact) mass is 577 g/mol. The Morgan fingerprint density at radius 3 is 2.26 bits per heavy atom.